The van der Waals surface area contributed by atoms with E-state index in [-0.39, 0.29) is 24.0 Å². The molecule has 3 fully saturated rings. The molecule has 5 rings (SSSR count). The third-order valence-electron chi connectivity index (χ3n) is 8.89. The Balaban J connectivity index is 1.24. The molecular formula is C31H40ClN3O3. The largest absolute Gasteiger partial charge is 0.453 e. The van der Waals surface area contributed by atoms with Crippen molar-refractivity contribution in [2.24, 2.45) is 11.8 Å². The van der Waals surface area contributed by atoms with Gasteiger partial charge in [0.1, 0.15) is 0 Å². The summed E-state index contributed by atoms with van der Waals surface area (Å²) < 4.78 is 5.18. The normalized spacial score (nSPS) is 23.1. The van der Waals surface area contributed by atoms with Gasteiger partial charge in [0, 0.05) is 51.2 Å². The number of benzene rings is 2. The average molecular weight is 538 g/mol. The number of hydrogen-bond donors (Lipinski definition) is 0. The molecular weight excluding hydrogens is 498 g/mol. The summed E-state index contributed by atoms with van der Waals surface area (Å²) in [5.41, 5.74) is 1.86. The zero-order valence-electron chi connectivity index (χ0n) is 22.4. The number of hydrogen-bond acceptors (Lipinski definition) is 4. The molecule has 2 aromatic rings. The molecule has 7 heteroatoms. The van der Waals surface area contributed by atoms with Crippen molar-refractivity contribution in [1.82, 2.24) is 14.7 Å². The van der Waals surface area contributed by atoms with Crippen LogP contribution in [-0.4, -0.2) is 79.1 Å². The number of ether oxygens (including phenoxy) is 1. The fourth-order valence-corrected chi connectivity index (χ4v) is 7.03. The molecule has 3 aliphatic rings. The molecule has 2 amide bonds. The van der Waals surface area contributed by atoms with Crippen molar-refractivity contribution in [1.29, 1.82) is 0 Å². The Morgan fingerprint density at radius 3 is 2.32 bits per heavy atom. The highest BCUT2D eigenvalue weighted by molar-refractivity contribution is 6.33. The predicted molar refractivity (Wildman–Crippen MR) is 151 cm³/mol. The van der Waals surface area contributed by atoms with Crippen molar-refractivity contribution < 1.29 is 14.3 Å². The van der Waals surface area contributed by atoms with Crippen molar-refractivity contribution in [2.45, 2.75) is 50.5 Å². The fraction of sp³-hybridized carbons (Fsp3) is 0.548. The molecule has 204 valence electrons. The Kier molecular flexibility index (Phi) is 8.90. The second kappa shape index (κ2) is 12.5. The lowest BCUT2D eigenvalue weighted by Gasteiger charge is -2.40. The van der Waals surface area contributed by atoms with Crippen LogP contribution in [0.15, 0.2) is 54.6 Å². The molecule has 0 radical (unpaired) electrons. The maximum atomic E-state index is 13.4. The average Bonchev–Trinajstić information content (AvgIpc) is 3.62. The highest BCUT2D eigenvalue weighted by Crippen LogP contribution is 2.36. The van der Waals surface area contributed by atoms with Gasteiger partial charge in [-0.05, 0) is 55.2 Å². The summed E-state index contributed by atoms with van der Waals surface area (Å²) in [7, 11) is 1.50. The molecule has 2 aliphatic heterocycles. The molecule has 0 N–H and O–H groups in total. The monoisotopic (exact) mass is 537 g/mol. The van der Waals surface area contributed by atoms with Gasteiger partial charge in [-0.3, -0.25) is 4.79 Å². The van der Waals surface area contributed by atoms with Crippen LogP contribution in [0.4, 0.5) is 4.79 Å². The van der Waals surface area contributed by atoms with Crippen LogP contribution in [0.2, 0.25) is 5.02 Å². The fourth-order valence-electron chi connectivity index (χ4n) is 6.81. The third-order valence-corrected chi connectivity index (χ3v) is 9.22. The van der Waals surface area contributed by atoms with E-state index in [0.717, 1.165) is 45.6 Å². The number of methoxy groups -OCH3 is 1. The molecule has 6 nitrogen and oxygen atoms in total. The van der Waals surface area contributed by atoms with Gasteiger partial charge in [-0.1, -0.05) is 66.9 Å². The third kappa shape index (κ3) is 6.18. The smallest absolute Gasteiger partial charge is 0.409 e. The van der Waals surface area contributed by atoms with Crippen LogP contribution >= 0.6 is 11.6 Å². The lowest BCUT2D eigenvalue weighted by Crippen LogP contribution is -2.49. The van der Waals surface area contributed by atoms with E-state index in [4.69, 9.17) is 16.3 Å². The number of carbonyl (C=O) groups excluding carboxylic acids is 2. The van der Waals surface area contributed by atoms with Crippen LogP contribution < -0.4 is 0 Å². The SMILES string of the molecule is COC(=O)N(CC1CCCC1)C1CCN(C[C@H]2CN(C(=O)c3ccccc3Cl)C[C@@H]2c2ccccc2)CC1. The van der Waals surface area contributed by atoms with E-state index in [0.29, 0.717) is 29.0 Å². The standard InChI is InChI=1S/C31H40ClN3O3/c1-38-31(37)35(19-23-9-5-6-10-23)26-15-17-33(18-16-26)20-25-21-34(22-28(25)24-11-3-2-4-12-24)30(36)27-13-7-8-14-29(27)32/h2-4,7-8,11-14,23,25-26,28H,5-6,9-10,15-22H2,1H3/t25-,28+/m0/s1. The lowest BCUT2D eigenvalue weighted by atomic mass is 9.88. The first-order valence-corrected chi connectivity index (χ1v) is 14.6. The number of rotatable bonds is 7. The van der Waals surface area contributed by atoms with Crippen LogP contribution in [0.5, 0.6) is 0 Å². The van der Waals surface area contributed by atoms with Crippen LogP contribution in [0.1, 0.15) is 60.4 Å². The molecule has 2 heterocycles. The minimum atomic E-state index is -0.177. The number of piperidine rings is 1. The van der Waals surface area contributed by atoms with Gasteiger partial charge >= 0.3 is 6.09 Å². The van der Waals surface area contributed by atoms with E-state index in [9.17, 15) is 9.59 Å². The number of nitrogens with zero attached hydrogens (tertiary/aromatic N) is 3. The summed E-state index contributed by atoms with van der Waals surface area (Å²) in [4.78, 5) is 32.6. The Morgan fingerprint density at radius 2 is 1.63 bits per heavy atom. The first kappa shape index (κ1) is 27.0. The maximum Gasteiger partial charge on any atom is 0.409 e. The first-order chi connectivity index (χ1) is 18.5. The zero-order valence-corrected chi connectivity index (χ0v) is 23.2. The van der Waals surface area contributed by atoms with Crippen LogP contribution in [0.25, 0.3) is 0 Å². The molecule has 0 unspecified atom stereocenters. The quantitative estimate of drug-likeness (QED) is 0.440. The molecule has 0 aromatic heterocycles. The molecule has 2 atom stereocenters. The van der Waals surface area contributed by atoms with E-state index < -0.39 is 0 Å². The summed E-state index contributed by atoms with van der Waals surface area (Å²) in [6.07, 6.45) is 6.75. The number of amides is 2. The Bertz CT molecular complexity index is 1080. The number of likely N-dealkylation sites (tertiary alicyclic amines) is 2. The molecule has 2 saturated heterocycles. The summed E-state index contributed by atoms with van der Waals surface area (Å²) >= 11 is 6.38. The minimum absolute atomic E-state index is 0.0124. The van der Waals surface area contributed by atoms with Gasteiger partial charge in [0.05, 0.1) is 17.7 Å². The van der Waals surface area contributed by atoms with E-state index in [1.807, 2.05) is 34.1 Å². The Morgan fingerprint density at radius 1 is 0.947 bits per heavy atom. The van der Waals surface area contributed by atoms with Gasteiger partial charge in [-0.2, -0.15) is 0 Å². The van der Waals surface area contributed by atoms with Crippen molar-refractivity contribution in [2.75, 3.05) is 46.4 Å². The van der Waals surface area contributed by atoms with E-state index in [2.05, 4.69) is 29.2 Å². The summed E-state index contributed by atoms with van der Waals surface area (Å²) in [5.74, 6) is 1.25. The van der Waals surface area contributed by atoms with Gasteiger partial charge in [-0.15, -0.1) is 0 Å². The van der Waals surface area contributed by atoms with Gasteiger partial charge in [0.15, 0.2) is 0 Å². The summed E-state index contributed by atoms with van der Waals surface area (Å²) in [6, 6.07) is 18.2. The molecule has 0 spiro atoms. The zero-order chi connectivity index (χ0) is 26.5. The van der Waals surface area contributed by atoms with Crippen LogP contribution in [-0.2, 0) is 4.74 Å². The predicted octanol–water partition coefficient (Wildman–Crippen LogP) is 5.92. The summed E-state index contributed by atoms with van der Waals surface area (Å²) in [5, 5.41) is 0.507. The number of halogens is 1. The van der Waals surface area contributed by atoms with Crippen molar-refractivity contribution in [3.05, 3.63) is 70.7 Å². The van der Waals surface area contributed by atoms with Crippen molar-refractivity contribution in [3.8, 4) is 0 Å². The van der Waals surface area contributed by atoms with Crippen LogP contribution in [0, 0.1) is 11.8 Å². The molecule has 2 aromatic carbocycles. The topological polar surface area (TPSA) is 53.1 Å². The van der Waals surface area contributed by atoms with Gasteiger partial charge in [-0.25, -0.2) is 4.79 Å². The van der Waals surface area contributed by atoms with Gasteiger partial charge in [0.2, 0.25) is 0 Å². The summed E-state index contributed by atoms with van der Waals surface area (Å²) in [6.45, 7) is 5.11. The molecule has 0 bridgehead atoms. The van der Waals surface area contributed by atoms with Gasteiger partial charge in [0.25, 0.3) is 5.91 Å². The first-order valence-electron chi connectivity index (χ1n) is 14.2. The molecule has 38 heavy (non-hydrogen) atoms. The second-order valence-electron chi connectivity index (χ2n) is 11.3. The van der Waals surface area contributed by atoms with Crippen molar-refractivity contribution >= 4 is 23.6 Å². The van der Waals surface area contributed by atoms with E-state index in [1.165, 1.54) is 38.4 Å². The highest BCUT2D eigenvalue weighted by atomic mass is 35.5. The Hall–Kier alpha value is -2.57. The number of carbonyl (C=O) groups is 2. The van der Waals surface area contributed by atoms with Crippen LogP contribution in [0.3, 0.4) is 0 Å². The minimum Gasteiger partial charge on any atom is -0.453 e. The lowest BCUT2D eigenvalue weighted by molar-refractivity contribution is 0.0658. The maximum absolute atomic E-state index is 13.4. The molecule has 1 aliphatic carbocycles. The second-order valence-corrected chi connectivity index (χ2v) is 11.7. The Labute approximate surface area is 231 Å². The van der Waals surface area contributed by atoms with Gasteiger partial charge < -0.3 is 19.4 Å². The molecule has 1 saturated carbocycles. The van der Waals surface area contributed by atoms with Crippen molar-refractivity contribution in [3.63, 3.8) is 0 Å². The van der Waals surface area contributed by atoms with E-state index >= 15 is 0 Å². The highest BCUT2D eigenvalue weighted by Gasteiger charge is 2.39. The van der Waals surface area contributed by atoms with E-state index in [1.54, 1.807) is 6.07 Å².